The van der Waals surface area contributed by atoms with Crippen molar-refractivity contribution in [2.45, 2.75) is 65.3 Å². The third kappa shape index (κ3) is 8.38. The van der Waals surface area contributed by atoms with Crippen molar-refractivity contribution in [3.05, 3.63) is 35.4 Å². The molecule has 0 aromatic heterocycles. The number of aryl methyl sites for hydroxylation is 1. The van der Waals surface area contributed by atoms with Crippen molar-refractivity contribution in [3.63, 3.8) is 0 Å². The van der Waals surface area contributed by atoms with Gasteiger partial charge in [-0.15, -0.1) is 0 Å². The van der Waals surface area contributed by atoms with Crippen LogP contribution in [0.3, 0.4) is 0 Å². The zero-order chi connectivity index (χ0) is 17.1. The average molecular weight is 319 g/mol. The van der Waals surface area contributed by atoms with Crippen LogP contribution >= 0.6 is 0 Å². The molecule has 1 aromatic rings. The normalized spacial score (nSPS) is 11.8. The fourth-order valence-corrected chi connectivity index (χ4v) is 2.35. The van der Waals surface area contributed by atoms with Gasteiger partial charge in [0.25, 0.3) is 5.91 Å². The minimum absolute atomic E-state index is 0.159. The molecule has 0 bridgehead atoms. The lowest BCUT2D eigenvalue weighted by atomic mass is 10.1. The highest BCUT2D eigenvalue weighted by Gasteiger charge is 2.14. The maximum Gasteiger partial charge on any atom is 0.307 e. The first-order valence-corrected chi connectivity index (χ1v) is 8.56. The van der Waals surface area contributed by atoms with Gasteiger partial charge in [-0.05, 0) is 32.4 Å². The summed E-state index contributed by atoms with van der Waals surface area (Å²) < 4.78 is 5.21. The zero-order valence-electron chi connectivity index (χ0n) is 14.6. The third-order valence-corrected chi connectivity index (χ3v) is 3.64. The molecule has 0 saturated carbocycles. The number of ether oxygens (including phenoxy) is 1. The molecule has 1 amide bonds. The van der Waals surface area contributed by atoms with Gasteiger partial charge in [-0.1, -0.05) is 50.3 Å². The van der Waals surface area contributed by atoms with Crippen molar-refractivity contribution in [1.29, 1.82) is 0 Å². The number of carbonyl (C=O) groups excluding carboxylic acids is 2. The number of unbranched alkanes of at least 4 members (excludes halogenated alkanes) is 4. The molecule has 0 spiro atoms. The highest BCUT2D eigenvalue weighted by molar-refractivity contribution is 5.94. The minimum atomic E-state index is -0.252. The van der Waals surface area contributed by atoms with E-state index in [0.29, 0.717) is 12.2 Å². The Balaban J connectivity index is 2.23. The van der Waals surface area contributed by atoms with Gasteiger partial charge in [-0.25, -0.2) is 0 Å². The van der Waals surface area contributed by atoms with E-state index in [4.69, 9.17) is 4.74 Å². The summed E-state index contributed by atoms with van der Waals surface area (Å²) in [5.41, 5.74) is 1.65. The molecule has 0 aliphatic carbocycles. The first kappa shape index (κ1) is 19.2. The van der Waals surface area contributed by atoms with Crippen LogP contribution in [0.25, 0.3) is 0 Å². The Kier molecular flexibility index (Phi) is 9.03. The zero-order valence-corrected chi connectivity index (χ0v) is 14.6. The first-order chi connectivity index (χ1) is 11.0. The maximum atomic E-state index is 12.1. The average Bonchev–Trinajstić information content (AvgIpc) is 2.50. The molecule has 0 saturated heterocycles. The van der Waals surface area contributed by atoms with E-state index in [9.17, 15) is 9.59 Å². The van der Waals surface area contributed by atoms with Gasteiger partial charge < -0.3 is 10.1 Å². The van der Waals surface area contributed by atoms with E-state index in [0.717, 1.165) is 18.4 Å². The van der Waals surface area contributed by atoms with Crippen molar-refractivity contribution in [2.24, 2.45) is 0 Å². The van der Waals surface area contributed by atoms with Gasteiger partial charge in [0.05, 0.1) is 13.0 Å². The number of carbonyl (C=O) groups is 2. The summed E-state index contributed by atoms with van der Waals surface area (Å²) in [6.45, 7) is 6.40. The standard InChI is InChI=1S/C19H29NO3/c1-4-5-6-7-8-12-23-18(21)14-16(3)20-19(22)17-11-9-10-15(2)13-17/h9-11,13,16H,4-8,12,14H2,1-3H3,(H,20,22). The maximum absolute atomic E-state index is 12.1. The van der Waals surface area contributed by atoms with Crippen LogP contribution in [0.4, 0.5) is 0 Å². The molecule has 0 aliphatic rings. The number of hydrogen-bond acceptors (Lipinski definition) is 3. The van der Waals surface area contributed by atoms with E-state index in [2.05, 4.69) is 12.2 Å². The van der Waals surface area contributed by atoms with Gasteiger partial charge in [0.1, 0.15) is 0 Å². The number of nitrogens with one attached hydrogen (secondary N) is 1. The lowest BCUT2D eigenvalue weighted by molar-refractivity contribution is -0.144. The molecule has 1 N–H and O–H groups in total. The van der Waals surface area contributed by atoms with Crippen LogP contribution in [0.2, 0.25) is 0 Å². The van der Waals surface area contributed by atoms with E-state index < -0.39 is 0 Å². The monoisotopic (exact) mass is 319 g/mol. The molecule has 4 heteroatoms. The SMILES string of the molecule is CCCCCCCOC(=O)CC(C)NC(=O)c1cccc(C)c1. The largest absolute Gasteiger partial charge is 0.466 e. The fraction of sp³-hybridized carbons (Fsp3) is 0.579. The lowest BCUT2D eigenvalue weighted by Gasteiger charge is -2.13. The first-order valence-electron chi connectivity index (χ1n) is 8.56. The molecule has 1 unspecified atom stereocenters. The van der Waals surface area contributed by atoms with Crippen molar-refractivity contribution in [2.75, 3.05) is 6.61 Å². The summed E-state index contributed by atoms with van der Waals surface area (Å²) in [6, 6.07) is 7.15. The smallest absolute Gasteiger partial charge is 0.307 e. The van der Waals surface area contributed by atoms with Crippen molar-refractivity contribution in [3.8, 4) is 0 Å². The summed E-state index contributed by atoms with van der Waals surface area (Å²) in [5.74, 6) is -0.411. The predicted octanol–water partition coefficient (Wildman–Crippen LogP) is 4.02. The molecule has 0 aliphatic heterocycles. The number of esters is 1. The Labute approximate surface area is 139 Å². The van der Waals surface area contributed by atoms with Crippen LogP contribution in [0.5, 0.6) is 0 Å². The van der Waals surface area contributed by atoms with Crippen LogP contribution < -0.4 is 5.32 Å². The van der Waals surface area contributed by atoms with Crippen molar-refractivity contribution in [1.82, 2.24) is 5.32 Å². The highest BCUT2D eigenvalue weighted by Crippen LogP contribution is 2.06. The molecule has 1 aromatic carbocycles. The summed E-state index contributed by atoms with van der Waals surface area (Å²) >= 11 is 0. The van der Waals surface area contributed by atoms with Crippen LogP contribution in [0.1, 0.15) is 68.3 Å². The molecule has 1 rings (SSSR count). The van der Waals surface area contributed by atoms with E-state index >= 15 is 0 Å². The number of amides is 1. The van der Waals surface area contributed by atoms with Crippen LogP contribution in [-0.4, -0.2) is 24.5 Å². The van der Waals surface area contributed by atoms with Gasteiger partial charge in [-0.2, -0.15) is 0 Å². The summed E-state index contributed by atoms with van der Waals surface area (Å²) in [4.78, 5) is 23.8. The Hall–Kier alpha value is -1.84. The second kappa shape index (κ2) is 10.8. The molecule has 4 nitrogen and oxygen atoms in total. The Morgan fingerprint density at radius 1 is 1.17 bits per heavy atom. The van der Waals surface area contributed by atoms with Crippen LogP contribution in [0.15, 0.2) is 24.3 Å². The molecule has 0 fully saturated rings. The van der Waals surface area contributed by atoms with Gasteiger partial charge in [0, 0.05) is 11.6 Å². The predicted molar refractivity (Wildman–Crippen MR) is 92.4 cm³/mol. The fourth-order valence-electron chi connectivity index (χ4n) is 2.35. The van der Waals surface area contributed by atoms with Crippen molar-refractivity contribution >= 4 is 11.9 Å². The highest BCUT2D eigenvalue weighted by atomic mass is 16.5. The summed E-state index contributed by atoms with van der Waals surface area (Å²) in [6.07, 6.45) is 5.84. The quantitative estimate of drug-likeness (QED) is 0.523. The summed E-state index contributed by atoms with van der Waals surface area (Å²) in [7, 11) is 0. The number of rotatable bonds is 10. The van der Waals surface area contributed by atoms with E-state index in [-0.39, 0.29) is 24.3 Å². The number of benzene rings is 1. The van der Waals surface area contributed by atoms with Crippen LogP contribution in [-0.2, 0) is 9.53 Å². The molecular formula is C19H29NO3. The van der Waals surface area contributed by atoms with Gasteiger partial charge >= 0.3 is 5.97 Å². The Bertz CT molecular complexity index is 499. The molecule has 23 heavy (non-hydrogen) atoms. The molecular weight excluding hydrogens is 290 g/mol. The van der Waals surface area contributed by atoms with E-state index in [1.54, 1.807) is 6.07 Å². The molecule has 0 heterocycles. The van der Waals surface area contributed by atoms with Crippen molar-refractivity contribution < 1.29 is 14.3 Å². The lowest BCUT2D eigenvalue weighted by Crippen LogP contribution is -2.34. The van der Waals surface area contributed by atoms with Gasteiger partial charge in [0.15, 0.2) is 0 Å². The topological polar surface area (TPSA) is 55.4 Å². The Morgan fingerprint density at radius 3 is 2.61 bits per heavy atom. The van der Waals surface area contributed by atoms with Gasteiger partial charge in [0.2, 0.25) is 0 Å². The second-order valence-corrected chi connectivity index (χ2v) is 6.08. The van der Waals surface area contributed by atoms with E-state index in [1.807, 2.05) is 32.0 Å². The Morgan fingerprint density at radius 2 is 1.91 bits per heavy atom. The van der Waals surface area contributed by atoms with Crippen LogP contribution in [0, 0.1) is 6.92 Å². The summed E-state index contributed by atoms with van der Waals surface area (Å²) in [5, 5.41) is 2.83. The number of hydrogen-bond donors (Lipinski definition) is 1. The van der Waals surface area contributed by atoms with Gasteiger partial charge in [-0.3, -0.25) is 9.59 Å². The molecule has 128 valence electrons. The molecule has 0 radical (unpaired) electrons. The minimum Gasteiger partial charge on any atom is -0.466 e. The van der Waals surface area contributed by atoms with E-state index in [1.165, 1.54) is 19.3 Å². The second-order valence-electron chi connectivity index (χ2n) is 6.08. The molecule has 1 atom stereocenters. The third-order valence-electron chi connectivity index (χ3n) is 3.64.